The first-order chi connectivity index (χ1) is 9.33. The Kier molecular flexibility index (Phi) is 4.02. The van der Waals surface area contributed by atoms with Crippen LogP contribution in [-0.2, 0) is 16.6 Å². The summed E-state index contributed by atoms with van der Waals surface area (Å²) in [4.78, 5) is 0.159. The Morgan fingerprint density at radius 1 is 1.20 bits per heavy atom. The van der Waals surface area contributed by atoms with Crippen LogP contribution in [-0.4, -0.2) is 13.5 Å². The summed E-state index contributed by atoms with van der Waals surface area (Å²) < 4.78 is 64.9. The molecule has 0 radical (unpaired) electrons. The Balaban J connectivity index is 2.38. The topological polar surface area (TPSA) is 66.4 Å². The highest BCUT2D eigenvalue weighted by molar-refractivity contribution is 7.92. The fourth-order valence-electron chi connectivity index (χ4n) is 1.42. The quantitative estimate of drug-likeness (QED) is 0.850. The molecule has 1 heterocycles. The minimum Gasteiger partial charge on any atom is -0.391 e. The molecule has 0 unspecified atom stereocenters. The van der Waals surface area contributed by atoms with Gasteiger partial charge in [-0.3, -0.25) is 4.72 Å². The average molecular weight is 323 g/mol. The van der Waals surface area contributed by atoms with E-state index in [0.29, 0.717) is 17.0 Å². The number of halogens is 3. The lowest BCUT2D eigenvalue weighted by molar-refractivity contribution is 0.285. The Bertz CT molecular complexity index is 743. The lowest BCUT2D eigenvalue weighted by Gasteiger charge is -2.08. The second kappa shape index (κ2) is 5.43. The Morgan fingerprint density at radius 2 is 1.90 bits per heavy atom. The summed E-state index contributed by atoms with van der Waals surface area (Å²) >= 11 is 0.986. The van der Waals surface area contributed by atoms with Crippen LogP contribution in [0, 0.1) is 17.5 Å². The first kappa shape index (κ1) is 14.8. The number of aliphatic hydroxyl groups is 1. The van der Waals surface area contributed by atoms with Crippen molar-refractivity contribution in [3.05, 3.63) is 45.9 Å². The Labute approximate surface area is 116 Å². The maximum atomic E-state index is 13.4. The molecule has 4 nitrogen and oxygen atoms in total. The van der Waals surface area contributed by atoms with Crippen LogP contribution in [0.3, 0.4) is 0 Å². The molecule has 0 atom stereocenters. The molecule has 0 aliphatic rings. The van der Waals surface area contributed by atoms with Crippen LogP contribution in [0.15, 0.2) is 28.5 Å². The zero-order chi connectivity index (χ0) is 14.9. The van der Waals surface area contributed by atoms with E-state index in [-0.39, 0.29) is 11.5 Å². The molecule has 0 aliphatic heterocycles. The SMILES string of the molecule is O=S(=O)(Nc1cc(F)cc(F)c1F)c1csc(CO)c1. The van der Waals surface area contributed by atoms with E-state index in [1.54, 1.807) is 4.72 Å². The van der Waals surface area contributed by atoms with Crippen molar-refractivity contribution in [2.75, 3.05) is 4.72 Å². The molecule has 0 spiro atoms. The first-order valence-electron chi connectivity index (χ1n) is 5.19. The summed E-state index contributed by atoms with van der Waals surface area (Å²) in [6.45, 7) is -0.344. The molecule has 0 saturated carbocycles. The summed E-state index contributed by atoms with van der Waals surface area (Å²) in [6.07, 6.45) is 0. The monoisotopic (exact) mass is 323 g/mol. The molecule has 0 fully saturated rings. The van der Waals surface area contributed by atoms with Gasteiger partial charge in [0.15, 0.2) is 11.6 Å². The Morgan fingerprint density at radius 3 is 2.50 bits per heavy atom. The van der Waals surface area contributed by atoms with Crippen LogP contribution < -0.4 is 4.72 Å². The van der Waals surface area contributed by atoms with Crippen LogP contribution in [0.2, 0.25) is 0 Å². The van der Waals surface area contributed by atoms with Crippen molar-refractivity contribution in [3.8, 4) is 0 Å². The second-order valence-electron chi connectivity index (χ2n) is 3.76. The summed E-state index contributed by atoms with van der Waals surface area (Å²) in [7, 11) is -4.18. The van der Waals surface area contributed by atoms with E-state index in [4.69, 9.17) is 5.11 Å². The molecular weight excluding hydrogens is 315 g/mol. The number of aliphatic hydroxyl groups excluding tert-OH is 1. The lowest BCUT2D eigenvalue weighted by Crippen LogP contribution is -2.14. The highest BCUT2D eigenvalue weighted by Crippen LogP contribution is 2.25. The van der Waals surface area contributed by atoms with Gasteiger partial charge >= 0.3 is 0 Å². The summed E-state index contributed by atoms with van der Waals surface area (Å²) in [5.41, 5.74) is -0.820. The highest BCUT2D eigenvalue weighted by atomic mass is 32.2. The zero-order valence-corrected chi connectivity index (χ0v) is 11.4. The standard InChI is InChI=1S/C11H8F3NO3S2/c12-6-1-9(13)11(14)10(2-6)15-20(17,18)8-3-7(4-16)19-5-8/h1-3,5,15-16H,4H2. The third-order valence-corrected chi connectivity index (χ3v) is 4.75. The van der Waals surface area contributed by atoms with Crippen molar-refractivity contribution >= 4 is 27.0 Å². The molecule has 0 aliphatic carbocycles. The Hall–Kier alpha value is -1.58. The average Bonchev–Trinajstić information content (AvgIpc) is 2.84. The van der Waals surface area contributed by atoms with Gasteiger partial charge in [0, 0.05) is 22.4 Å². The summed E-state index contributed by atoms with van der Waals surface area (Å²) in [6, 6.07) is 2.03. The van der Waals surface area contributed by atoms with Gasteiger partial charge in [-0.05, 0) is 6.07 Å². The minimum atomic E-state index is -4.18. The van der Waals surface area contributed by atoms with Crippen molar-refractivity contribution < 1.29 is 26.7 Å². The molecule has 0 bridgehead atoms. The van der Waals surface area contributed by atoms with E-state index in [1.165, 1.54) is 11.4 Å². The number of benzene rings is 1. The molecule has 0 amide bonds. The van der Waals surface area contributed by atoms with E-state index < -0.39 is 33.2 Å². The molecule has 9 heteroatoms. The van der Waals surface area contributed by atoms with Gasteiger partial charge in [-0.1, -0.05) is 0 Å². The number of rotatable bonds is 4. The molecule has 2 N–H and O–H groups in total. The van der Waals surface area contributed by atoms with Gasteiger partial charge in [0.2, 0.25) is 0 Å². The fourth-order valence-corrected chi connectivity index (χ4v) is 3.60. The van der Waals surface area contributed by atoms with Crippen LogP contribution in [0.25, 0.3) is 0 Å². The third kappa shape index (κ3) is 2.94. The number of hydrogen-bond donors (Lipinski definition) is 2. The number of anilines is 1. The third-order valence-electron chi connectivity index (χ3n) is 2.33. The van der Waals surface area contributed by atoms with Crippen LogP contribution >= 0.6 is 11.3 Å². The number of nitrogens with one attached hydrogen (secondary N) is 1. The molecule has 1 aromatic heterocycles. The van der Waals surface area contributed by atoms with Gasteiger partial charge in [0.1, 0.15) is 5.82 Å². The number of thiophene rings is 1. The van der Waals surface area contributed by atoms with E-state index in [1.807, 2.05) is 0 Å². The van der Waals surface area contributed by atoms with E-state index in [2.05, 4.69) is 0 Å². The zero-order valence-electron chi connectivity index (χ0n) is 9.73. The summed E-state index contributed by atoms with van der Waals surface area (Å²) in [5, 5.41) is 10.1. The predicted octanol–water partition coefficient (Wildman–Crippen LogP) is 2.46. The molecule has 1 aromatic carbocycles. The smallest absolute Gasteiger partial charge is 0.262 e. The first-order valence-corrected chi connectivity index (χ1v) is 7.55. The predicted molar refractivity (Wildman–Crippen MR) is 67.4 cm³/mol. The van der Waals surface area contributed by atoms with E-state index >= 15 is 0 Å². The normalized spacial score (nSPS) is 11.6. The molecule has 2 rings (SSSR count). The van der Waals surface area contributed by atoms with Gasteiger partial charge in [0.25, 0.3) is 10.0 Å². The van der Waals surface area contributed by atoms with E-state index in [0.717, 1.165) is 11.3 Å². The van der Waals surface area contributed by atoms with Crippen LogP contribution in [0.1, 0.15) is 4.88 Å². The minimum absolute atomic E-state index is 0.226. The number of sulfonamides is 1. The van der Waals surface area contributed by atoms with Crippen molar-refractivity contribution in [2.24, 2.45) is 0 Å². The molecule has 20 heavy (non-hydrogen) atoms. The second-order valence-corrected chi connectivity index (χ2v) is 6.44. The molecule has 0 saturated heterocycles. The van der Waals surface area contributed by atoms with Gasteiger partial charge in [-0.2, -0.15) is 0 Å². The van der Waals surface area contributed by atoms with Crippen molar-refractivity contribution in [1.29, 1.82) is 0 Å². The summed E-state index contributed by atoms with van der Waals surface area (Å²) in [5.74, 6) is -4.10. The van der Waals surface area contributed by atoms with Gasteiger partial charge in [-0.15, -0.1) is 11.3 Å². The number of hydrogen-bond acceptors (Lipinski definition) is 4. The maximum absolute atomic E-state index is 13.4. The van der Waals surface area contributed by atoms with E-state index in [9.17, 15) is 21.6 Å². The van der Waals surface area contributed by atoms with Crippen molar-refractivity contribution in [2.45, 2.75) is 11.5 Å². The largest absolute Gasteiger partial charge is 0.391 e. The molecule has 2 aromatic rings. The van der Waals surface area contributed by atoms with Crippen LogP contribution in [0.4, 0.5) is 18.9 Å². The van der Waals surface area contributed by atoms with Gasteiger partial charge in [0.05, 0.1) is 17.2 Å². The van der Waals surface area contributed by atoms with Crippen molar-refractivity contribution in [3.63, 3.8) is 0 Å². The molecule has 108 valence electrons. The maximum Gasteiger partial charge on any atom is 0.262 e. The van der Waals surface area contributed by atoms with Gasteiger partial charge < -0.3 is 5.11 Å². The van der Waals surface area contributed by atoms with Crippen LogP contribution in [0.5, 0.6) is 0 Å². The molecular formula is C11H8F3NO3S2. The lowest BCUT2D eigenvalue weighted by atomic mass is 10.3. The fraction of sp³-hybridized carbons (Fsp3) is 0.0909. The van der Waals surface area contributed by atoms with Crippen molar-refractivity contribution in [1.82, 2.24) is 0 Å². The van der Waals surface area contributed by atoms with Gasteiger partial charge in [-0.25, -0.2) is 21.6 Å². The highest BCUT2D eigenvalue weighted by Gasteiger charge is 2.20.